The van der Waals surface area contributed by atoms with Crippen LogP contribution in [0.15, 0.2) is 65.7 Å². The number of para-hydroxylation sites is 1. The highest BCUT2D eigenvalue weighted by atomic mass is 32.2. The molecule has 1 N–H and O–H groups in total. The van der Waals surface area contributed by atoms with E-state index in [1.165, 1.54) is 10.9 Å². The van der Waals surface area contributed by atoms with Gasteiger partial charge in [0, 0.05) is 29.3 Å². The Morgan fingerprint density at radius 1 is 1.04 bits per heavy atom. The van der Waals surface area contributed by atoms with Gasteiger partial charge in [-0.2, -0.15) is 0 Å². The predicted molar refractivity (Wildman–Crippen MR) is 105 cm³/mol. The molecular weight excluding hydrogens is 344 g/mol. The van der Waals surface area contributed by atoms with Gasteiger partial charge in [-0.15, -0.1) is 0 Å². The van der Waals surface area contributed by atoms with Gasteiger partial charge in [-0.3, -0.25) is 4.72 Å². The third-order valence-electron chi connectivity index (χ3n) is 4.94. The van der Waals surface area contributed by atoms with Gasteiger partial charge in [0.2, 0.25) is 0 Å². The molecule has 4 nitrogen and oxygen atoms in total. The smallest absolute Gasteiger partial charge is 0.261 e. The average Bonchev–Trinajstić information content (AvgIpc) is 2.88. The Kier molecular flexibility index (Phi) is 4.32. The summed E-state index contributed by atoms with van der Waals surface area (Å²) in [4.78, 5) is 0.286. The number of benzene rings is 2. The first-order valence-electron chi connectivity index (χ1n) is 8.91. The summed E-state index contributed by atoms with van der Waals surface area (Å²) < 4.78 is 30.2. The third kappa shape index (κ3) is 3.15. The van der Waals surface area contributed by atoms with Gasteiger partial charge in [0.15, 0.2) is 0 Å². The van der Waals surface area contributed by atoms with Crippen LogP contribution in [0, 0.1) is 6.92 Å². The van der Waals surface area contributed by atoms with Crippen LogP contribution in [0.2, 0.25) is 0 Å². The SMILES string of the molecule is Cc1ccc(S(=O)(=O)NC=C2CCCCn3c2cc2ccccc23)cc1. The van der Waals surface area contributed by atoms with Crippen LogP contribution < -0.4 is 4.72 Å². The average molecular weight is 366 g/mol. The zero-order valence-corrected chi connectivity index (χ0v) is 15.6. The molecule has 0 saturated heterocycles. The minimum atomic E-state index is -3.56. The maximum absolute atomic E-state index is 12.6. The second-order valence-electron chi connectivity index (χ2n) is 6.80. The van der Waals surface area contributed by atoms with Crippen molar-refractivity contribution in [3.63, 3.8) is 0 Å². The molecule has 0 aliphatic carbocycles. The molecule has 1 aliphatic heterocycles. The van der Waals surface area contributed by atoms with E-state index in [1.807, 2.05) is 31.2 Å². The van der Waals surface area contributed by atoms with E-state index >= 15 is 0 Å². The number of sulfonamides is 1. The number of rotatable bonds is 3. The Bertz CT molecular complexity index is 1080. The van der Waals surface area contributed by atoms with E-state index in [1.54, 1.807) is 18.3 Å². The van der Waals surface area contributed by atoms with Gasteiger partial charge < -0.3 is 4.57 Å². The van der Waals surface area contributed by atoms with Gasteiger partial charge in [0.1, 0.15) is 0 Å². The van der Waals surface area contributed by atoms with Crippen molar-refractivity contribution in [3.8, 4) is 0 Å². The van der Waals surface area contributed by atoms with Crippen molar-refractivity contribution in [1.82, 2.24) is 9.29 Å². The van der Waals surface area contributed by atoms with E-state index < -0.39 is 10.0 Å². The third-order valence-corrected chi connectivity index (χ3v) is 6.26. The first-order valence-corrected chi connectivity index (χ1v) is 10.4. The summed E-state index contributed by atoms with van der Waals surface area (Å²) in [5.41, 5.74) is 4.39. The minimum Gasteiger partial charge on any atom is -0.341 e. The Labute approximate surface area is 154 Å². The monoisotopic (exact) mass is 366 g/mol. The lowest BCUT2D eigenvalue weighted by Gasteiger charge is -2.10. The normalized spacial score (nSPS) is 16.4. The number of aromatic nitrogens is 1. The van der Waals surface area contributed by atoms with Crippen LogP contribution in [0.1, 0.15) is 30.5 Å². The van der Waals surface area contributed by atoms with E-state index in [0.29, 0.717) is 0 Å². The second kappa shape index (κ2) is 6.65. The van der Waals surface area contributed by atoms with Crippen molar-refractivity contribution in [1.29, 1.82) is 0 Å². The molecule has 0 radical (unpaired) electrons. The van der Waals surface area contributed by atoms with Crippen molar-refractivity contribution in [2.24, 2.45) is 0 Å². The van der Waals surface area contributed by atoms with E-state index in [0.717, 1.165) is 42.6 Å². The molecule has 0 saturated carbocycles. The number of nitrogens with one attached hydrogen (secondary N) is 1. The molecule has 26 heavy (non-hydrogen) atoms. The van der Waals surface area contributed by atoms with Crippen LogP contribution in [0.3, 0.4) is 0 Å². The van der Waals surface area contributed by atoms with Gasteiger partial charge in [-0.05, 0) is 56.0 Å². The van der Waals surface area contributed by atoms with Crippen molar-refractivity contribution in [2.75, 3.05) is 0 Å². The summed E-state index contributed by atoms with van der Waals surface area (Å²) in [6.45, 7) is 2.90. The van der Waals surface area contributed by atoms with Crippen LogP contribution in [0.4, 0.5) is 0 Å². The van der Waals surface area contributed by atoms with Crippen LogP contribution >= 0.6 is 0 Å². The van der Waals surface area contributed by atoms with Crippen LogP contribution in [0.25, 0.3) is 16.5 Å². The van der Waals surface area contributed by atoms with E-state index in [9.17, 15) is 8.42 Å². The van der Waals surface area contributed by atoms with Gasteiger partial charge in [0.05, 0.1) is 4.90 Å². The predicted octanol–water partition coefficient (Wildman–Crippen LogP) is 4.45. The lowest BCUT2D eigenvalue weighted by atomic mass is 10.1. The maximum atomic E-state index is 12.6. The lowest BCUT2D eigenvalue weighted by Crippen LogP contribution is -2.18. The number of fused-ring (bicyclic) bond motifs is 3. The molecule has 2 aromatic carbocycles. The molecule has 0 amide bonds. The van der Waals surface area contributed by atoms with Crippen LogP contribution in [-0.4, -0.2) is 13.0 Å². The molecule has 0 spiro atoms. The summed E-state index contributed by atoms with van der Waals surface area (Å²) in [6.07, 6.45) is 4.68. The van der Waals surface area contributed by atoms with Crippen LogP contribution in [-0.2, 0) is 16.6 Å². The van der Waals surface area contributed by atoms with Crippen molar-refractivity contribution in [2.45, 2.75) is 37.6 Å². The molecule has 134 valence electrons. The first-order chi connectivity index (χ1) is 12.5. The topological polar surface area (TPSA) is 51.1 Å². The lowest BCUT2D eigenvalue weighted by molar-refractivity contribution is 0.590. The van der Waals surface area contributed by atoms with Gasteiger partial charge in [0.25, 0.3) is 10.0 Å². The van der Waals surface area contributed by atoms with Crippen LogP contribution in [0.5, 0.6) is 0 Å². The van der Waals surface area contributed by atoms with Gasteiger partial charge in [-0.25, -0.2) is 8.42 Å². The molecule has 2 heterocycles. The summed E-state index contributed by atoms with van der Waals surface area (Å²) in [5, 5.41) is 1.19. The molecule has 0 fully saturated rings. The summed E-state index contributed by atoms with van der Waals surface area (Å²) in [7, 11) is -3.56. The largest absolute Gasteiger partial charge is 0.341 e. The van der Waals surface area contributed by atoms with E-state index in [4.69, 9.17) is 0 Å². The molecule has 5 heteroatoms. The number of nitrogens with zero attached hydrogens (tertiary/aromatic N) is 1. The maximum Gasteiger partial charge on any atom is 0.261 e. The minimum absolute atomic E-state index is 0.286. The quantitative estimate of drug-likeness (QED) is 0.744. The summed E-state index contributed by atoms with van der Waals surface area (Å²) >= 11 is 0. The molecule has 3 aromatic rings. The second-order valence-corrected chi connectivity index (χ2v) is 8.52. The first kappa shape index (κ1) is 16.9. The van der Waals surface area contributed by atoms with E-state index in [2.05, 4.69) is 27.5 Å². The summed E-state index contributed by atoms with van der Waals surface area (Å²) in [6, 6.07) is 17.4. The molecule has 1 aliphatic rings. The Morgan fingerprint density at radius 2 is 1.81 bits per heavy atom. The number of hydrogen-bond donors (Lipinski definition) is 1. The Morgan fingerprint density at radius 3 is 2.62 bits per heavy atom. The molecule has 0 unspecified atom stereocenters. The van der Waals surface area contributed by atoms with Crippen molar-refractivity contribution in [3.05, 3.63) is 72.1 Å². The highest BCUT2D eigenvalue weighted by Gasteiger charge is 2.17. The fourth-order valence-electron chi connectivity index (χ4n) is 3.51. The molecule has 0 bridgehead atoms. The zero-order chi connectivity index (χ0) is 18.1. The molecule has 4 rings (SSSR count). The fourth-order valence-corrected chi connectivity index (χ4v) is 4.44. The molecule has 1 aromatic heterocycles. The van der Waals surface area contributed by atoms with Gasteiger partial charge >= 0.3 is 0 Å². The number of hydrogen-bond acceptors (Lipinski definition) is 2. The highest BCUT2D eigenvalue weighted by molar-refractivity contribution is 7.89. The molecule has 0 atom stereocenters. The fraction of sp³-hybridized carbons (Fsp3) is 0.238. The number of allylic oxidation sites excluding steroid dienone is 1. The van der Waals surface area contributed by atoms with Gasteiger partial charge in [-0.1, -0.05) is 35.9 Å². The summed E-state index contributed by atoms with van der Waals surface area (Å²) in [5.74, 6) is 0. The Balaban J connectivity index is 1.70. The van der Waals surface area contributed by atoms with Crippen molar-refractivity contribution >= 4 is 26.5 Å². The van der Waals surface area contributed by atoms with E-state index in [-0.39, 0.29) is 4.90 Å². The number of aryl methyl sites for hydroxylation is 2. The zero-order valence-electron chi connectivity index (χ0n) is 14.8. The Hall–Kier alpha value is -2.53. The molecular formula is C21H22N2O2S. The standard InChI is InChI=1S/C21H22N2O2S/c1-16-9-11-19(12-10-16)26(24,25)22-15-18-7-4-5-13-23-20-8-3-2-6-17(20)14-21(18)23/h2-3,6,8-12,14-15,22H,4-5,7,13H2,1H3. The highest BCUT2D eigenvalue weighted by Crippen LogP contribution is 2.31. The van der Waals surface area contributed by atoms with Crippen molar-refractivity contribution < 1.29 is 8.42 Å².